The lowest BCUT2D eigenvalue weighted by Gasteiger charge is -2.05. The molecule has 1 rings (SSSR count). The molecule has 1 atom stereocenters. The zero-order valence-corrected chi connectivity index (χ0v) is 12.2. The minimum Gasteiger partial charge on any atom is -0.744 e. The molecular formula is C12H17NO7S. The van der Waals surface area contributed by atoms with Gasteiger partial charge >= 0.3 is 11.9 Å². The standard InChI is InChI=1S/C7H8O3S.C5H9NO4/c1-6-2-4-7(5-3-6)11(8,9)10;6-3(5(9)10)1-2-4(7)8/h2-5H,1H3,(H,8,9,10);3H,1-2,6H2,(H,7,8)(H,9,10). The van der Waals surface area contributed by atoms with Crippen LogP contribution in [0, 0.1) is 6.92 Å². The first-order valence-electron chi connectivity index (χ1n) is 5.84. The molecule has 5 N–H and O–H groups in total. The van der Waals surface area contributed by atoms with E-state index in [-0.39, 0.29) is 17.7 Å². The van der Waals surface area contributed by atoms with Gasteiger partial charge in [-0.25, -0.2) is 13.2 Å². The van der Waals surface area contributed by atoms with E-state index in [1.807, 2.05) is 6.92 Å². The Hall–Kier alpha value is -1.97. The van der Waals surface area contributed by atoms with Crippen LogP contribution in [0.3, 0.4) is 0 Å². The van der Waals surface area contributed by atoms with E-state index in [0.717, 1.165) is 5.56 Å². The molecule has 21 heavy (non-hydrogen) atoms. The first kappa shape index (κ1) is 19.0. The largest absolute Gasteiger partial charge is 0.744 e. The Balaban J connectivity index is 0.000000384. The van der Waals surface area contributed by atoms with Gasteiger partial charge < -0.3 is 20.5 Å². The summed E-state index contributed by atoms with van der Waals surface area (Å²) < 4.78 is 31.2. The van der Waals surface area contributed by atoms with Gasteiger partial charge in [0.15, 0.2) is 6.04 Å². The van der Waals surface area contributed by atoms with E-state index in [4.69, 9.17) is 10.2 Å². The average molecular weight is 319 g/mol. The van der Waals surface area contributed by atoms with Crippen LogP contribution in [0.5, 0.6) is 0 Å². The minimum atomic E-state index is -4.27. The number of quaternary nitrogens is 1. The Morgan fingerprint density at radius 2 is 1.71 bits per heavy atom. The predicted octanol–water partition coefficient (Wildman–Crippen LogP) is -0.555. The summed E-state index contributed by atoms with van der Waals surface area (Å²) in [6.45, 7) is 1.82. The Bertz CT molecular complexity index is 580. The van der Waals surface area contributed by atoms with Gasteiger partial charge in [0.2, 0.25) is 0 Å². The zero-order valence-electron chi connectivity index (χ0n) is 11.4. The third-order valence-corrected chi connectivity index (χ3v) is 3.22. The highest BCUT2D eigenvalue weighted by atomic mass is 32.2. The van der Waals surface area contributed by atoms with E-state index in [1.165, 1.54) is 12.1 Å². The molecule has 0 aliphatic carbocycles. The molecule has 1 aromatic carbocycles. The fourth-order valence-corrected chi connectivity index (χ4v) is 1.60. The number of carboxylic acids is 2. The van der Waals surface area contributed by atoms with Crippen molar-refractivity contribution in [1.29, 1.82) is 0 Å². The molecule has 0 aliphatic rings. The Kier molecular flexibility index (Phi) is 7.56. The first-order valence-corrected chi connectivity index (χ1v) is 7.25. The van der Waals surface area contributed by atoms with E-state index in [2.05, 4.69) is 5.73 Å². The molecule has 9 heteroatoms. The van der Waals surface area contributed by atoms with E-state index in [0.29, 0.717) is 0 Å². The van der Waals surface area contributed by atoms with Crippen molar-refractivity contribution in [1.82, 2.24) is 0 Å². The summed E-state index contributed by atoms with van der Waals surface area (Å²) >= 11 is 0. The normalized spacial score (nSPS) is 12.0. The van der Waals surface area contributed by atoms with Crippen molar-refractivity contribution in [2.24, 2.45) is 0 Å². The van der Waals surface area contributed by atoms with Crippen molar-refractivity contribution in [2.45, 2.75) is 30.7 Å². The van der Waals surface area contributed by atoms with Crippen molar-refractivity contribution < 1.29 is 38.5 Å². The average Bonchev–Trinajstić information content (AvgIpc) is 2.35. The van der Waals surface area contributed by atoms with Gasteiger partial charge in [0.25, 0.3) is 0 Å². The van der Waals surface area contributed by atoms with Crippen molar-refractivity contribution in [2.75, 3.05) is 0 Å². The Labute approximate surface area is 122 Å². The molecule has 0 bridgehead atoms. The van der Waals surface area contributed by atoms with Crippen LogP contribution in [0.15, 0.2) is 29.2 Å². The van der Waals surface area contributed by atoms with Gasteiger partial charge in [-0.15, -0.1) is 0 Å². The molecule has 0 aliphatic heterocycles. The number of carboxylic acid groups (broad SMARTS) is 2. The second-order valence-electron chi connectivity index (χ2n) is 4.23. The van der Waals surface area contributed by atoms with Gasteiger partial charge in [0.05, 0.1) is 11.3 Å². The number of benzene rings is 1. The smallest absolute Gasteiger partial charge is 0.362 e. The van der Waals surface area contributed by atoms with Gasteiger partial charge in [-0.05, 0) is 19.1 Å². The maximum atomic E-state index is 10.4. The lowest BCUT2D eigenvalue weighted by Crippen LogP contribution is -2.64. The van der Waals surface area contributed by atoms with Crippen LogP contribution in [0.25, 0.3) is 0 Å². The molecule has 0 fully saturated rings. The molecule has 1 unspecified atom stereocenters. The number of carbonyl (C=O) groups is 2. The summed E-state index contributed by atoms with van der Waals surface area (Å²) in [4.78, 5) is 19.8. The second kappa shape index (κ2) is 8.35. The van der Waals surface area contributed by atoms with E-state index >= 15 is 0 Å². The minimum absolute atomic E-state index is 0.0880. The number of aliphatic carboxylic acids is 2. The van der Waals surface area contributed by atoms with Crippen LogP contribution in [0.1, 0.15) is 18.4 Å². The molecular weight excluding hydrogens is 302 g/mol. The highest BCUT2D eigenvalue weighted by molar-refractivity contribution is 7.85. The summed E-state index contributed by atoms with van der Waals surface area (Å²) in [7, 11) is -4.27. The first-order chi connectivity index (χ1) is 9.54. The quantitative estimate of drug-likeness (QED) is 0.613. The van der Waals surface area contributed by atoms with Crippen LogP contribution >= 0.6 is 0 Å². The highest BCUT2D eigenvalue weighted by Gasteiger charge is 2.16. The number of hydrogen-bond donors (Lipinski definition) is 3. The fourth-order valence-electron chi connectivity index (χ4n) is 1.13. The van der Waals surface area contributed by atoms with Crippen LogP contribution in [0.2, 0.25) is 0 Å². The topological polar surface area (TPSA) is 159 Å². The van der Waals surface area contributed by atoms with Crippen molar-refractivity contribution in [3.05, 3.63) is 29.8 Å². The molecule has 0 saturated carbocycles. The van der Waals surface area contributed by atoms with Gasteiger partial charge in [-0.3, -0.25) is 4.79 Å². The summed E-state index contributed by atoms with van der Waals surface area (Å²) in [5.74, 6) is -2.05. The van der Waals surface area contributed by atoms with Gasteiger partial charge in [0.1, 0.15) is 10.1 Å². The SMILES string of the molecule is Cc1ccc(S(=O)(=O)[O-])cc1.[NH3+]C(CCC(=O)O)C(=O)O. The number of rotatable bonds is 5. The van der Waals surface area contributed by atoms with Crippen LogP contribution in [0.4, 0.5) is 0 Å². The second-order valence-corrected chi connectivity index (χ2v) is 5.61. The third kappa shape index (κ3) is 8.74. The predicted molar refractivity (Wildman–Crippen MR) is 70.3 cm³/mol. The Morgan fingerprint density at radius 3 is 2.05 bits per heavy atom. The van der Waals surface area contributed by atoms with Crippen LogP contribution < -0.4 is 5.73 Å². The van der Waals surface area contributed by atoms with Crippen molar-refractivity contribution in [3.63, 3.8) is 0 Å². The molecule has 118 valence electrons. The molecule has 0 heterocycles. The lowest BCUT2D eigenvalue weighted by molar-refractivity contribution is -0.408. The molecule has 0 aromatic heterocycles. The maximum absolute atomic E-state index is 10.4. The monoisotopic (exact) mass is 319 g/mol. The molecule has 0 spiro atoms. The highest BCUT2D eigenvalue weighted by Crippen LogP contribution is 2.08. The fraction of sp³-hybridized carbons (Fsp3) is 0.333. The molecule has 8 nitrogen and oxygen atoms in total. The summed E-state index contributed by atoms with van der Waals surface area (Å²) in [6.07, 6.45) is -0.0505. The van der Waals surface area contributed by atoms with E-state index in [1.54, 1.807) is 12.1 Å². The summed E-state index contributed by atoms with van der Waals surface area (Å²) in [5, 5.41) is 16.4. The third-order valence-electron chi connectivity index (χ3n) is 2.37. The van der Waals surface area contributed by atoms with Gasteiger partial charge in [0, 0.05) is 6.42 Å². The molecule has 0 saturated heterocycles. The molecule has 0 radical (unpaired) electrons. The Morgan fingerprint density at radius 1 is 1.24 bits per heavy atom. The van der Waals surface area contributed by atoms with Crippen LogP contribution in [-0.4, -0.2) is 41.2 Å². The van der Waals surface area contributed by atoms with Crippen molar-refractivity contribution >= 4 is 22.1 Å². The number of hydrogen-bond acceptors (Lipinski definition) is 5. The molecule has 1 aromatic rings. The number of aryl methyl sites for hydroxylation is 1. The van der Waals surface area contributed by atoms with Crippen molar-refractivity contribution in [3.8, 4) is 0 Å². The van der Waals surface area contributed by atoms with E-state index < -0.39 is 28.1 Å². The van der Waals surface area contributed by atoms with E-state index in [9.17, 15) is 22.6 Å². The zero-order chi connectivity index (χ0) is 16.6. The molecule has 0 amide bonds. The van der Waals surface area contributed by atoms with Crippen LogP contribution in [-0.2, 0) is 19.7 Å². The van der Waals surface area contributed by atoms with Gasteiger partial charge in [-0.1, -0.05) is 17.7 Å². The summed E-state index contributed by atoms with van der Waals surface area (Å²) in [5.41, 5.74) is 4.17. The van der Waals surface area contributed by atoms with Gasteiger partial charge in [-0.2, -0.15) is 0 Å². The lowest BCUT2D eigenvalue weighted by atomic mass is 10.2. The summed E-state index contributed by atoms with van der Waals surface area (Å²) in [6, 6.07) is 4.97. The maximum Gasteiger partial charge on any atom is 0.362 e.